The molecule has 0 saturated carbocycles. The van der Waals surface area contributed by atoms with Gasteiger partial charge < -0.3 is 8.98 Å². The van der Waals surface area contributed by atoms with Gasteiger partial charge in [0.05, 0.1) is 0 Å². The van der Waals surface area contributed by atoms with Crippen LogP contribution in [0.2, 0.25) is 0 Å². The minimum absolute atomic E-state index is 0.537. The maximum absolute atomic E-state index is 13.9. The number of benzene rings is 2. The summed E-state index contributed by atoms with van der Waals surface area (Å²) in [4.78, 5) is 4.41. The van der Waals surface area contributed by atoms with Crippen LogP contribution in [0.4, 0.5) is 0 Å². The van der Waals surface area contributed by atoms with Gasteiger partial charge in [-0.3, -0.25) is 0 Å². The monoisotopic (exact) mass is 297 g/mol. The lowest BCUT2D eigenvalue weighted by Crippen LogP contribution is -2.27. The molecule has 1 heterocycles. The zero-order chi connectivity index (χ0) is 14.9. The molecule has 0 aliphatic carbocycles. The van der Waals surface area contributed by atoms with Crippen LogP contribution in [0, 0.1) is 13.8 Å². The van der Waals surface area contributed by atoms with Crippen molar-refractivity contribution in [2.45, 2.75) is 13.8 Å². The first-order valence-corrected chi connectivity index (χ1v) is 8.49. The van der Waals surface area contributed by atoms with Gasteiger partial charge in [-0.2, -0.15) is 0 Å². The van der Waals surface area contributed by atoms with E-state index in [1.165, 1.54) is 0 Å². The van der Waals surface area contributed by atoms with E-state index in [1.54, 1.807) is 6.92 Å². The van der Waals surface area contributed by atoms with E-state index >= 15 is 0 Å². The zero-order valence-electron chi connectivity index (χ0n) is 12.0. The average Bonchev–Trinajstić information content (AvgIpc) is 2.87. The van der Waals surface area contributed by atoms with Gasteiger partial charge in [0, 0.05) is 17.5 Å². The molecule has 3 aromatic rings. The Morgan fingerprint density at radius 2 is 1.33 bits per heavy atom. The number of oxazole rings is 1. The maximum atomic E-state index is 13.9. The molecule has 0 N–H and O–H groups in total. The smallest absolute Gasteiger partial charge is 0.192 e. The van der Waals surface area contributed by atoms with Crippen molar-refractivity contribution in [3.05, 3.63) is 72.3 Å². The van der Waals surface area contributed by atoms with Crippen molar-refractivity contribution in [2.75, 3.05) is 0 Å². The molecule has 0 atom stereocenters. The highest BCUT2D eigenvalue weighted by atomic mass is 31.2. The Kier molecular flexibility index (Phi) is 3.52. The van der Waals surface area contributed by atoms with E-state index in [4.69, 9.17) is 4.42 Å². The number of aromatic nitrogens is 1. The second-order valence-corrected chi connectivity index (χ2v) is 7.57. The van der Waals surface area contributed by atoms with Gasteiger partial charge in [0.1, 0.15) is 11.2 Å². The molecule has 0 saturated heterocycles. The maximum Gasteiger partial charge on any atom is 0.192 e. The summed E-state index contributed by atoms with van der Waals surface area (Å²) in [6, 6.07) is 19.0. The molecule has 0 spiro atoms. The van der Waals surface area contributed by atoms with E-state index in [2.05, 4.69) is 4.98 Å². The van der Waals surface area contributed by atoms with Gasteiger partial charge in [0.2, 0.25) is 0 Å². The van der Waals surface area contributed by atoms with Crippen molar-refractivity contribution >= 4 is 23.2 Å². The molecular formula is C17H16NO2P. The third kappa shape index (κ3) is 2.34. The summed E-state index contributed by atoms with van der Waals surface area (Å²) in [6.07, 6.45) is 0. The van der Waals surface area contributed by atoms with E-state index in [-0.39, 0.29) is 0 Å². The van der Waals surface area contributed by atoms with Crippen molar-refractivity contribution in [1.29, 1.82) is 0 Å². The van der Waals surface area contributed by atoms with Crippen LogP contribution in [0.1, 0.15) is 11.7 Å². The molecule has 0 fully saturated rings. The molecule has 0 aliphatic rings. The number of rotatable bonds is 3. The molecule has 1 aromatic heterocycles. The van der Waals surface area contributed by atoms with Crippen LogP contribution in [-0.2, 0) is 4.57 Å². The van der Waals surface area contributed by atoms with E-state index < -0.39 is 7.14 Å². The molecule has 0 radical (unpaired) electrons. The predicted octanol–water partition coefficient (Wildman–Crippen LogP) is 2.93. The molecule has 0 aliphatic heterocycles. The summed E-state index contributed by atoms with van der Waals surface area (Å²) in [7, 11) is -3.00. The lowest BCUT2D eigenvalue weighted by Gasteiger charge is -2.17. The number of nitrogens with zero attached hydrogens (tertiary/aromatic N) is 1. The van der Waals surface area contributed by atoms with Crippen LogP contribution in [0.25, 0.3) is 0 Å². The van der Waals surface area contributed by atoms with Crippen LogP contribution in [0.5, 0.6) is 0 Å². The molecule has 0 amide bonds. The van der Waals surface area contributed by atoms with Gasteiger partial charge in [-0.05, 0) is 6.92 Å². The van der Waals surface area contributed by atoms with Crippen LogP contribution in [-0.4, -0.2) is 4.98 Å². The standard InChI is InChI=1S/C17H16NO2P/c1-13-17(18-14(2)20-13)21(19,15-9-5-3-6-10-15)16-11-7-4-8-12-16/h3-12H,1-2H3. The summed E-state index contributed by atoms with van der Waals surface area (Å²) in [6.45, 7) is 3.59. The van der Waals surface area contributed by atoms with E-state index in [0.29, 0.717) is 17.1 Å². The Morgan fingerprint density at radius 3 is 1.71 bits per heavy atom. The van der Waals surface area contributed by atoms with Crippen molar-refractivity contribution in [3.8, 4) is 0 Å². The SMILES string of the molecule is Cc1nc(P(=O)(c2ccccc2)c2ccccc2)c(C)o1. The highest BCUT2D eigenvalue weighted by molar-refractivity contribution is 7.85. The topological polar surface area (TPSA) is 43.1 Å². The molecule has 21 heavy (non-hydrogen) atoms. The zero-order valence-corrected chi connectivity index (χ0v) is 12.9. The van der Waals surface area contributed by atoms with Gasteiger partial charge in [-0.1, -0.05) is 60.7 Å². The lowest BCUT2D eigenvalue weighted by molar-refractivity contribution is 0.495. The second kappa shape index (κ2) is 5.34. The third-order valence-corrected chi connectivity index (χ3v) is 6.48. The fraction of sp³-hybridized carbons (Fsp3) is 0.118. The van der Waals surface area contributed by atoms with Crippen molar-refractivity contribution in [3.63, 3.8) is 0 Å². The fourth-order valence-electron chi connectivity index (χ4n) is 2.48. The van der Waals surface area contributed by atoms with Crippen molar-refractivity contribution < 1.29 is 8.98 Å². The minimum Gasteiger partial charge on any atom is -0.445 e. The Morgan fingerprint density at radius 1 is 0.857 bits per heavy atom. The Hall–Kier alpha value is -2.12. The minimum atomic E-state index is -3.00. The highest BCUT2D eigenvalue weighted by Gasteiger charge is 2.34. The summed E-state index contributed by atoms with van der Waals surface area (Å²) in [5, 5.41) is 1.54. The molecule has 3 nitrogen and oxygen atoms in total. The first-order valence-electron chi connectivity index (χ1n) is 6.78. The van der Waals surface area contributed by atoms with Crippen LogP contribution in [0.3, 0.4) is 0 Å². The molecular weight excluding hydrogens is 281 g/mol. The van der Waals surface area contributed by atoms with E-state index in [9.17, 15) is 4.57 Å². The number of hydrogen-bond acceptors (Lipinski definition) is 3. The summed E-state index contributed by atoms with van der Waals surface area (Å²) in [5.41, 5.74) is 0.539. The van der Waals surface area contributed by atoms with Gasteiger partial charge in [-0.25, -0.2) is 4.98 Å². The normalized spacial score (nSPS) is 11.5. The summed E-state index contributed by atoms with van der Waals surface area (Å²) < 4.78 is 19.5. The molecule has 0 bridgehead atoms. The Labute approximate surface area is 124 Å². The van der Waals surface area contributed by atoms with Gasteiger partial charge in [0.15, 0.2) is 13.0 Å². The van der Waals surface area contributed by atoms with Crippen molar-refractivity contribution in [1.82, 2.24) is 4.98 Å². The average molecular weight is 297 g/mol. The Bertz CT molecular complexity index is 751. The molecule has 4 heteroatoms. The largest absolute Gasteiger partial charge is 0.445 e. The summed E-state index contributed by atoms with van der Waals surface area (Å²) >= 11 is 0. The first kappa shape index (κ1) is 13.8. The molecule has 0 unspecified atom stereocenters. The van der Waals surface area contributed by atoms with Crippen LogP contribution >= 0.6 is 7.14 Å². The number of aryl methyl sites for hydroxylation is 2. The third-order valence-electron chi connectivity index (χ3n) is 3.42. The van der Waals surface area contributed by atoms with Crippen LogP contribution < -0.4 is 16.0 Å². The highest BCUT2D eigenvalue weighted by Crippen LogP contribution is 2.42. The van der Waals surface area contributed by atoms with Gasteiger partial charge >= 0.3 is 0 Å². The van der Waals surface area contributed by atoms with Gasteiger partial charge in [0.25, 0.3) is 0 Å². The molecule has 2 aromatic carbocycles. The van der Waals surface area contributed by atoms with E-state index in [1.807, 2.05) is 67.6 Å². The molecule has 3 rings (SSSR count). The predicted molar refractivity (Wildman–Crippen MR) is 85.4 cm³/mol. The quantitative estimate of drug-likeness (QED) is 0.698. The molecule has 106 valence electrons. The summed E-state index contributed by atoms with van der Waals surface area (Å²) in [5.74, 6) is 1.15. The van der Waals surface area contributed by atoms with Gasteiger partial charge in [-0.15, -0.1) is 0 Å². The first-order chi connectivity index (χ1) is 10.1. The Balaban J connectivity index is 2.31. The van der Waals surface area contributed by atoms with E-state index in [0.717, 1.165) is 10.6 Å². The van der Waals surface area contributed by atoms with Crippen molar-refractivity contribution in [2.24, 2.45) is 0 Å². The van der Waals surface area contributed by atoms with Crippen LogP contribution in [0.15, 0.2) is 65.1 Å². The lowest BCUT2D eigenvalue weighted by atomic mass is 10.4. The fourth-order valence-corrected chi connectivity index (χ4v) is 5.22. The second-order valence-electron chi connectivity index (χ2n) is 4.89. The number of hydrogen-bond donors (Lipinski definition) is 0.